The van der Waals surface area contributed by atoms with Gasteiger partial charge in [0.1, 0.15) is 12.1 Å². The number of nitrogens with one attached hydrogen (secondary N) is 1. The van der Waals surface area contributed by atoms with Gasteiger partial charge in [-0.05, 0) is 42.8 Å². The number of nitrogens with two attached hydrogens (primary N) is 1. The van der Waals surface area contributed by atoms with E-state index in [9.17, 15) is 23.1 Å². The van der Waals surface area contributed by atoms with Gasteiger partial charge in [0.05, 0.1) is 18.0 Å². The molecule has 3 aromatic carbocycles. The summed E-state index contributed by atoms with van der Waals surface area (Å²) in [5.41, 5.74) is 5.91. The first-order chi connectivity index (χ1) is 19.0. The summed E-state index contributed by atoms with van der Waals surface area (Å²) in [5, 5.41) is 20.2. The normalized spacial score (nSPS) is 17.3. The smallest absolute Gasteiger partial charge is 0.315 e. The Hall–Kier alpha value is -4.26. The Morgan fingerprint density at radius 3 is 2.50 bits per heavy atom. The third-order valence-electron chi connectivity index (χ3n) is 5.86. The van der Waals surface area contributed by atoms with Crippen molar-refractivity contribution >= 4 is 50.9 Å². The Balaban J connectivity index is 1.61. The molecule has 0 bridgehead atoms. The molecule has 1 amide bonds. The number of esters is 1. The number of benzene rings is 3. The first-order valence-corrected chi connectivity index (χ1v) is 13.9. The van der Waals surface area contributed by atoms with Crippen molar-refractivity contribution in [2.24, 2.45) is 15.2 Å². The van der Waals surface area contributed by atoms with Crippen molar-refractivity contribution in [2.45, 2.75) is 23.8 Å². The predicted octanol–water partition coefficient (Wildman–Crippen LogP) is 2.84. The Bertz CT molecular complexity index is 1580. The monoisotopic (exact) mass is 583 g/mol. The van der Waals surface area contributed by atoms with Gasteiger partial charge in [0.15, 0.2) is 5.60 Å². The summed E-state index contributed by atoms with van der Waals surface area (Å²) < 4.78 is 34.7. The van der Waals surface area contributed by atoms with E-state index < -0.39 is 39.9 Å². The van der Waals surface area contributed by atoms with Crippen molar-refractivity contribution in [1.29, 1.82) is 0 Å². The molecule has 13 heteroatoms. The van der Waals surface area contributed by atoms with Gasteiger partial charge >= 0.3 is 5.97 Å². The molecule has 1 heterocycles. The van der Waals surface area contributed by atoms with Crippen LogP contribution in [0.4, 0.5) is 5.69 Å². The van der Waals surface area contributed by atoms with Gasteiger partial charge in [0, 0.05) is 16.3 Å². The van der Waals surface area contributed by atoms with E-state index in [1.165, 1.54) is 24.3 Å². The lowest BCUT2D eigenvalue weighted by Crippen LogP contribution is -2.42. The van der Waals surface area contributed by atoms with E-state index in [1.807, 2.05) is 0 Å². The average molecular weight is 584 g/mol. The maximum atomic E-state index is 13.1. The number of ether oxygens (including phenoxy) is 1. The summed E-state index contributed by atoms with van der Waals surface area (Å²) in [6.45, 7) is 1.54. The summed E-state index contributed by atoms with van der Waals surface area (Å²) >= 11 is 6.03. The van der Waals surface area contributed by atoms with Crippen molar-refractivity contribution in [3.8, 4) is 0 Å². The summed E-state index contributed by atoms with van der Waals surface area (Å²) in [6.07, 6.45) is -0.525. The van der Waals surface area contributed by atoms with E-state index in [0.29, 0.717) is 16.1 Å². The number of carbonyl (C=O) groups is 2. The molecule has 0 aliphatic carbocycles. The number of sulfonamides is 1. The highest BCUT2D eigenvalue weighted by atomic mass is 35.5. The van der Waals surface area contributed by atoms with E-state index in [-0.39, 0.29) is 29.4 Å². The molecule has 0 spiro atoms. The highest BCUT2D eigenvalue weighted by Gasteiger charge is 2.44. The van der Waals surface area contributed by atoms with Crippen LogP contribution < -0.4 is 11.1 Å². The molecule has 1 atom stereocenters. The maximum absolute atomic E-state index is 13.1. The molecule has 1 aliphatic rings. The zero-order valence-electron chi connectivity index (χ0n) is 21.3. The summed E-state index contributed by atoms with van der Waals surface area (Å²) in [6, 6.07) is 20.7. The Morgan fingerprint density at radius 1 is 1.12 bits per heavy atom. The second-order valence-corrected chi connectivity index (χ2v) is 10.8. The van der Waals surface area contributed by atoms with Crippen LogP contribution in [-0.4, -0.2) is 55.2 Å². The van der Waals surface area contributed by atoms with E-state index in [1.54, 1.807) is 61.5 Å². The van der Waals surface area contributed by atoms with E-state index in [0.717, 1.165) is 5.01 Å². The highest BCUT2D eigenvalue weighted by molar-refractivity contribution is 7.90. The number of hydrazone groups is 1. The van der Waals surface area contributed by atoms with Crippen molar-refractivity contribution in [3.05, 3.63) is 95.0 Å². The van der Waals surface area contributed by atoms with Gasteiger partial charge in [-0.1, -0.05) is 60.1 Å². The molecule has 0 radical (unpaired) electrons. The Morgan fingerprint density at radius 2 is 1.82 bits per heavy atom. The Labute approximate surface area is 236 Å². The van der Waals surface area contributed by atoms with Crippen molar-refractivity contribution in [1.82, 2.24) is 5.01 Å². The number of carbonyl (C=O) groups excluding carboxylic acids is 2. The number of hydrogen-bond donors (Lipinski definition) is 3. The molecule has 0 aromatic heterocycles. The molecule has 11 nitrogen and oxygen atoms in total. The van der Waals surface area contributed by atoms with Crippen LogP contribution in [0.2, 0.25) is 5.02 Å². The predicted molar refractivity (Wildman–Crippen MR) is 150 cm³/mol. The van der Waals surface area contributed by atoms with Crippen LogP contribution in [0.25, 0.3) is 0 Å². The lowest BCUT2D eigenvalue weighted by Gasteiger charge is -2.25. The Kier molecular flexibility index (Phi) is 8.52. The van der Waals surface area contributed by atoms with Gasteiger partial charge in [-0.15, -0.1) is 4.40 Å². The standard InChI is InChI=1S/C27H26ClN5O6S/c1-2-39-24(35)16-23(34)30-21-9-6-10-22(15-21)40(37,38)32-26(29)33-17-27(36,19-7-4-3-5-8-19)25(31-33)18-11-13-20(28)14-12-18/h3-15,36H,2,16-17H2,1H3,(H2,29,32)(H,30,34). The molecule has 0 saturated carbocycles. The minimum Gasteiger partial charge on any atom is -0.466 e. The molecular formula is C27H26ClN5O6S. The SMILES string of the molecule is CCOC(=O)CC(=O)Nc1cccc(S(=O)(=O)/N=C(\N)N2CC(O)(c3ccccc3)C(c3ccc(Cl)cc3)=N2)c1. The van der Waals surface area contributed by atoms with Crippen LogP contribution in [0, 0.1) is 0 Å². The topological polar surface area (TPSA) is 164 Å². The number of anilines is 1. The van der Waals surface area contributed by atoms with Gasteiger partial charge in [-0.25, -0.2) is 5.01 Å². The summed E-state index contributed by atoms with van der Waals surface area (Å²) in [7, 11) is -4.37. The molecule has 0 saturated heterocycles. The fraction of sp³-hybridized carbons (Fsp3) is 0.185. The van der Waals surface area contributed by atoms with Crippen LogP contribution in [0.5, 0.6) is 0 Å². The zero-order valence-corrected chi connectivity index (χ0v) is 22.9. The maximum Gasteiger partial charge on any atom is 0.315 e. The largest absolute Gasteiger partial charge is 0.466 e. The molecule has 4 rings (SSSR count). The molecule has 4 N–H and O–H groups in total. The molecule has 1 aliphatic heterocycles. The fourth-order valence-corrected chi connectivity index (χ4v) is 5.11. The van der Waals surface area contributed by atoms with Crippen LogP contribution in [-0.2, 0) is 30.0 Å². The van der Waals surface area contributed by atoms with Gasteiger partial charge in [0.2, 0.25) is 11.9 Å². The first-order valence-electron chi connectivity index (χ1n) is 12.1. The summed E-state index contributed by atoms with van der Waals surface area (Å²) in [5.74, 6) is -1.85. The average Bonchev–Trinajstić information content (AvgIpc) is 3.28. The number of amides is 1. The first kappa shape index (κ1) is 28.7. The van der Waals surface area contributed by atoms with E-state index >= 15 is 0 Å². The number of rotatable bonds is 8. The molecule has 3 aromatic rings. The highest BCUT2D eigenvalue weighted by Crippen LogP contribution is 2.33. The van der Waals surface area contributed by atoms with Crippen LogP contribution in [0.1, 0.15) is 24.5 Å². The zero-order chi connectivity index (χ0) is 28.9. The third-order valence-corrected chi connectivity index (χ3v) is 7.39. The van der Waals surface area contributed by atoms with Gasteiger partial charge in [-0.2, -0.15) is 13.5 Å². The van der Waals surface area contributed by atoms with Crippen molar-refractivity contribution in [2.75, 3.05) is 18.5 Å². The molecule has 40 heavy (non-hydrogen) atoms. The number of β-amino-alcohol motifs (C(OH)–C–C–N with tert-alkyl or cyclic N) is 1. The molecule has 208 valence electrons. The molecule has 1 unspecified atom stereocenters. The van der Waals surface area contributed by atoms with E-state index in [2.05, 4.69) is 14.8 Å². The van der Waals surface area contributed by atoms with Gasteiger partial charge in [0.25, 0.3) is 10.0 Å². The molecule has 0 fully saturated rings. The van der Waals surface area contributed by atoms with Crippen molar-refractivity contribution < 1.29 is 27.9 Å². The second kappa shape index (κ2) is 11.9. The number of guanidine groups is 1. The van der Waals surface area contributed by atoms with Crippen LogP contribution >= 0.6 is 11.6 Å². The van der Waals surface area contributed by atoms with Crippen LogP contribution in [0.3, 0.4) is 0 Å². The second-order valence-electron chi connectivity index (χ2n) is 8.72. The number of halogens is 1. The quantitative estimate of drug-likeness (QED) is 0.158. The molecular weight excluding hydrogens is 558 g/mol. The number of hydrogen-bond acceptors (Lipinski definition) is 7. The minimum absolute atomic E-state index is 0.129. The lowest BCUT2D eigenvalue weighted by atomic mass is 9.86. The third kappa shape index (κ3) is 6.47. The fourth-order valence-electron chi connectivity index (χ4n) is 4.01. The van der Waals surface area contributed by atoms with Crippen LogP contribution in [0.15, 0.2) is 93.3 Å². The lowest BCUT2D eigenvalue weighted by molar-refractivity contribution is -0.145. The van der Waals surface area contributed by atoms with Crippen molar-refractivity contribution in [3.63, 3.8) is 0 Å². The minimum atomic E-state index is -4.37. The summed E-state index contributed by atoms with van der Waals surface area (Å²) in [4.78, 5) is 23.4. The number of nitrogens with zero attached hydrogens (tertiary/aromatic N) is 3. The van der Waals surface area contributed by atoms with Gasteiger partial charge < -0.3 is 20.9 Å². The number of aliphatic hydroxyl groups is 1. The van der Waals surface area contributed by atoms with E-state index in [4.69, 9.17) is 22.1 Å². The van der Waals surface area contributed by atoms with Gasteiger partial charge in [-0.3, -0.25) is 9.59 Å².